The van der Waals surface area contributed by atoms with Gasteiger partial charge in [0.05, 0.1) is 7.11 Å². The predicted molar refractivity (Wildman–Crippen MR) is 73.0 cm³/mol. The van der Waals surface area contributed by atoms with Crippen molar-refractivity contribution in [1.29, 1.82) is 0 Å². The maximum Gasteiger partial charge on any atom is 0.320 e. The van der Waals surface area contributed by atoms with E-state index >= 15 is 0 Å². The molecule has 1 N–H and O–H groups in total. The molecular weight excluding hydrogens is 240 g/mol. The summed E-state index contributed by atoms with van der Waals surface area (Å²) in [6.07, 6.45) is 0. The molecule has 0 spiro atoms. The van der Waals surface area contributed by atoms with Crippen LogP contribution in [0.3, 0.4) is 0 Å². The highest BCUT2D eigenvalue weighted by Gasteiger charge is 2.38. The highest BCUT2D eigenvalue weighted by Crippen LogP contribution is 2.33. The zero-order valence-electron chi connectivity index (χ0n) is 11.0. The minimum Gasteiger partial charge on any atom is -0.508 e. The molecule has 19 heavy (non-hydrogen) atoms. The summed E-state index contributed by atoms with van der Waals surface area (Å²) in [5, 5.41) is 9.37. The van der Waals surface area contributed by atoms with Gasteiger partial charge in [-0.15, -0.1) is 0 Å². The zero-order chi connectivity index (χ0) is 13.9. The van der Waals surface area contributed by atoms with E-state index in [9.17, 15) is 9.90 Å². The molecule has 0 aliphatic heterocycles. The van der Waals surface area contributed by atoms with Crippen molar-refractivity contribution in [2.24, 2.45) is 0 Å². The highest BCUT2D eigenvalue weighted by atomic mass is 16.5. The molecule has 0 saturated carbocycles. The molecule has 2 rings (SSSR count). The lowest BCUT2D eigenvalue weighted by Gasteiger charge is -2.27. The number of aromatic hydroxyl groups is 1. The molecule has 3 nitrogen and oxygen atoms in total. The molecule has 0 aliphatic rings. The molecule has 0 unspecified atom stereocenters. The third-order valence-corrected chi connectivity index (χ3v) is 3.39. The van der Waals surface area contributed by atoms with E-state index in [0.29, 0.717) is 0 Å². The van der Waals surface area contributed by atoms with Gasteiger partial charge in [0.15, 0.2) is 0 Å². The van der Waals surface area contributed by atoms with E-state index in [-0.39, 0.29) is 11.7 Å². The van der Waals surface area contributed by atoms with Crippen LogP contribution in [0, 0.1) is 0 Å². The second kappa shape index (κ2) is 5.14. The van der Waals surface area contributed by atoms with Crippen LogP contribution in [-0.2, 0) is 14.9 Å². The lowest BCUT2D eigenvalue weighted by Crippen LogP contribution is -2.34. The van der Waals surface area contributed by atoms with Gasteiger partial charge in [0, 0.05) is 0 Å². The first-order valence-electron chi connectivity index (χ1n) is 6.02. The molecule has 2 aromatic carbocycles. The number of ether oxygens (including phenoxy) is 1. The van der Waals surface area contributed by atoms with E-state index in [0.717, 1.165) is 11.1 Å². The van der Waals surface area contributed by atoms with Gasteiger partial charge in [0.25, 0.3) is 0 Å². The normalized spacial score (nSPS) is 13.6. The number of phenolic OH excluding ortho intramolecular Hbond substituents is 1. The zero-order valence-corrected chi connectivity index (χ0v) is 11.0. The van der Waals surface area contributed by atoms with Crippen LogP contribution in [0.4, 0.5) is 0 Å². The van der Waals surface area contributed by atoms with E-state index in [1.807, 2.05) is 37.3 Å². The quantitative estimate of drug-likeness (QED) is 0.859. The molecule has 0 bridgehead atoms. The van der Waals surface area contributed by atoms with Gasteiger partial charge in [-0.3, -0.25) is 4.79 Å². The van der Waals surface area contributed by atoms with Gasteiger partial charge in [-0.1, -0.05) is 42.5 Å². The highest BCUT2D eigenvalue weighted by molar-refractivity contribution is 5.87. The summed E-state index contributed by atoms with van der Waals surface area (Å²) < 4.78 is 4.95. The van der Waals surface area contributed by atoms with E-state index in [1.165, 1.54) is 7.11 Å². The maximum absolute atomic E-state index is 12.2. The first kappa shape index (κ1) is 13.1. The molecule has 0 fully saturated rings. The van der Waals surface area contributed by atoms with Crippen molar-refractivity contribution in [2.75, 3.05) is 7.11 Å². The fourth-order valence-corrected chi connectivity index (χ4v) is 2.17. The number of benzene rings is 2. The molecule has 0 radical (unpaired) electrons. The third kappa shape index (κ3) is 2.32. The number of rotatable bonds is 3. The Morgan fingerprint density at radius 3 is 2.05 bits per heavy atom. The van der Waals surface area contributed by atoms with Crippen LogP contribution in [0.1, 0.15) is 18.1 Å². The minimum atomic E-state index is -0.885. The molecule has 98 valence electrons. The average Bonchev–Trinajstić information content (AvgIpc) is 2.47. The Morgan fingerprint density at radius 2 is 1.53 bits per heavy atom. The molecule has 0 saturated heterocycles. The smallest absolute Gasteiger partial charge is 0.320 e. The van der Waals surface area contributed by atoms with Crippen LogP contribution >= 0.6 is 0 Å². The summed E-state index contributed by atoms with van der Waals surface area (Å²) in [6.45, 7) is 1.82. The number of methoxy groups -OCH3 is 1. The Labute approximate surface area is 112 Å². The largest absolute Gasteiger partial charge is 0.508 e. The maximum atomic E-state index is 12.2. The molecule has 1 atom stereocenters. The monoisotopic (exact) mass is 256 g/mol. The van der Waals surface area contributed by atoms with Gasteiger partial charge < -0.3 is 9.84 Å². The van der Waals surface area contributed by atoms with Crippen LogP contribution in [0.25, 0.3) is 0 Å². The Balaban J connectivity index is 2.58. The second-order valence-electron chi connectivity index (χ2n) is 4.53. The van der Waals surface area contributed by atoms with Crippen molar-refractivity contribution in [3.63, 3.8) is 0 Å². The second-order valence-corrected chi connectivity index (χ2v) is 4.53. The lowest BCUT2D eigenvalue weighted by atomic mass is 9.76. The van der Waals surface area contributed by atoms with Gasteiger partial charge >= 0.3 is 5.97 Å². The van der Waals surface area contributed by atoms with E-state index in [2.05, 4.69) is 0 Å². The van der Waals surface area contributed by atoms with Crippen molar-refractivity contribution in [3.05, 3.63) is 65.7 Å². The number of carbonyl (C=O) groups excluding carboxylic acids is 1. The Hall–Kier alpha value is -2.29. The van der Waals surface area contributed by atoms with Gasteiger partial charge in [0.1, 0.15) is 11.2 Å². The van der Waals surface area contributed by atoms with Crippen LogP contribution in [0.15, 0.2) is 54.6 Å². The average molecular weight is 256 g/mol. The van der Waals surface area contributed by atoms with Gasteiger partial charge in [-0.25, -0.2) is 0 Å². The first-order chi connectivity index (χ1) is 9.09. The number of phenols is 1. The molecule has 2 aromatic rings. The van der Waals surface area contributed by atoms with Gasteiger partial charge in [-0.05, 0) is 30.2 Å². The standard InChI is InChI=1S/C16H16O3/c1-16(15(18)19-2,12-6-4-3-5-7-12)13-8-10-14(17)11-9-13/h3-11,17H,1-2H3/t16-/m0/s1. The van der Waals surface area contributed by atoms with E-state index in [4.69, 9.17) is 4.74 Å². The molecule has 3 heteroatoms. The summed E-state index contributed by atoms with van der Waals surface area (Å²) in [7, 11) is 1.38. The number of carbonyl (C=O) groups is 1. The number of esters is 1. The summed E-state index contributed by atoms with van der Waals surface area (Å²) in [6, 6.07) is 16.1. The summed E-state index contributed by atoms with van der Waals surface area (Å²) in [5.41, 5.74) is 0.750. The molecular formula is C16H16O3. The fraction of sp³-hybridized carbons (Fsp3) is 0.188. The van der Waals surface area contributed by atoms with Crippen LogP contribution in [0.5, 0.6) is 5.75 Å². The number of hydrogen-bond donors (Lipinski definition) is 1. The van der Waals surface area contributed by atoms with Crippen molar-refractivity contribution in [1.82, 2.24) is 0 Å². The van der Waals surface area contributed by atoms with Crippen LogP contribution in [0.2, 0.25) is 0 Å². The number of hydrogen-bond acceptors (Lipinski definition) is 3. The lowest BCUT2D eigenvalue weighted by molar-refractivity contribution is -0.145. The Bertz CT molecular complexity index is 560. The SMILES string of the molecule is COC(=O)[C@@](C)(c1ccccc1)c1ccc(O)cc1. The van der Waals surface area contributed by atoms with Gasteiger partial charge in [-0.2, -0.15) is 0 Å². The van der Waals surface area contributed by atoms with Crippen LogP contribution in [-0.4, -0.2) is 18.2 Å². The summed E-state index contributed by atoms with van der Waals surface area (Å²) in [4.78, 5) is 12.2. The predicted octanol–water partition coefficient (Wildman–Crippen LogP) is 2.87. The summed E-state index contributed by atoms with van der Waals surface area (Å²) in [5.74, 6) is -0.159. The topological polar surface area (TPSA) is 46.5 Å². The molecule has 0 amide bonds. The van der Waals surface area contributed by atoms with Crippen molar-refractivity contribution < 1.29 is 14.6 Å². The van der Waals surface area contributed by atoms with E-state index < -0.39 is 5.41 Å². The molecule has 0 heterocycles. The van der Waals surface area contributed by atoms with Gasteiger partial charge in [0.2, 0.25) is 0 Å². The fourth-order valence-electron chi connectivity index (χ4n) is 2.17. The Morgan fingerprint density at radius 1 is 1.00 bits per heavy atom. The summed E-state index contributed by atoms with van der Waals surface area (Å²) >= 11 is 0. The van der Waals surface area contributed by atoms with Crippen LogP contribution < -0.4 is 0 Å². The first-order valence-corrected chi connectivity index (χ1v) is 6.02. The third-order valence-electron chi connectivity index (χ3n) is 3.39. The van der Waals surface area contributed by atoms with Crippen molar-refractivity contribution >= 4 is 5.97 Å². The van der Waals surface area contributed by atoms with Crippen molar-refractivity contribution in [2.45, 2.75) is 12.3 Å². The van der Waals surface area contributed by atoms with E-state index in [1.54, 1.807) is 24.3 Å². The Kier molecular flexibility index (Phi) is 3.56. The molecule has 0 aromatic heterocycles. The van der Waals surface area contributed by atoms with Crippen molar-refractivity contribution in [3.8, 4) is 5.75 Å². The minimum absolute atomic E-state index is 0.170. The molecule has 0 aliphatic carbocycles.